The van der Waals surface area contributed by atoms with Crippen LogP contribution >= 0.6 is 0 Å². The molecule has 0 aliphatic carbocycles. The molecule has 0 amide bonds. The van der Waals surface area contributed by atoms with E-state index in [-0.39, 0.29) is 6.04 Å². The van der Waals surface area contributed by atoms with Crippen LogP contribution in [0.4, 0.5) is 0 Å². The Balaban J connectivity index is 1.92. The molecule has 2 rings (SSSR count). The van der Waals surface area contributed by atoms with Crippen LogP contribution in [0.2, 0.25) is 0 Å². The minimum absolute atomic E-state index is 0.0407. The molecule has 18 heavy (non-hydrogen) atoms. The number of piperidine rings is 1. The van der Waals surface area contributed by atoms with E-state index in [4.69, 9.17) is 10.2 Å². The fraction of sp³-hybridized carbons (Fsp3) is 0.786. The van der Waals surface area contributed by atoms with E-state index in [2.05, 4.69) is 23.7 Å². The summed E-state index contributed by atoms with van der Waals surface area (Å²) in [5, 5.41) is 0. The molecule has 2 N–H and O–H groups in total. The lowest BCUT2D eigenvalue weighted by Gasteiger charge is -2.35. The highest BCUT2D eigenvalue weighted by molar-refractivity contribution is 5.01. The predicted octanol–water partition coefficient (Wildman–Crippen LogP) is 2.36. The quantitative estimate of drug-likeness (QED) is 0.892. The van der Waals surface area contributed by atoms with E-state index in [9.17, 15) is 0 Å². The zero-order valence-electron chi connectivity index (χ0n) is 11.7. The van der Waals surface area contributed by atoms with Gasteiger partial charge < -0.3 is 15.1 Å². The van der Waals surface area contributed by atoms with Crippen molar-refractivity contribution in [1.29, 1.82) is 0 Å². The van der Waals surface area contributed by atoms with Crippen LogP contribution in [-0.4, -0.2) is 29.0 Å². The maximum absolute atomic E-state index is 5.79. The van der Waals surface area contributed by atoms with Gasteiger partial charge in [0.1, 0.15) is 6.26 Å². The first-order chi connectivity index (χ1) is 8.56. The topological polar surface area (TPSA) is 55.3 Å². The van der Waals surface area contributed by atoms with Crippen LogP contribution in [0.15, 0.2) is 10.7 Å². The number of nitrogens with zero attached hydrogens (tertiary/aromatic N) is 2. The molecule has 4 nitrogen and oxygen atoms in total. The molecule has 1 saturated heterocycles. The molecule has 0 saturated carbocycles. The third kappa shape index (κ3) is 3.33. The van der Waals surface area contributed by atoms with Crippen molar-refractivity contribution in [2.24, 2.45) is 11.7 Å². The van der Waals surface area contributed by atoms with Gasteiger partial charge in [0.05, 0.1) is 5.69 Å². The Bertz CT molecular complexity index is 373. The molecule has 0 spiro atoms. The van der Waals surface area contributed by atoms with Gasteiger partial charge >= 0.3 is 0 Å². The second kappa shape index (κ2) is 5.85. The van der Waals surface area contributed by atoms with Crippen LogP contribution in [-0.2, 0) is 6.42 Å². The van der Waals surface area contributed by atoms with Crippen LogP contribution in [0, 0.1) is 5.92 Å². The summed E-state index contributed by atoms with van der Waals surface area (Å²) >= 11 is 0. The number of hydrogen-bond acceptors (Lipinski definition) is 4. The van der Waals surface area contributed by atoms with Crippen molar-refractivity contribution in [3.8, 4) is 0 Å². The van der Waals surface area contributed by atoms with E-state index in [0.717, 1.165) is 24.6 Å². The number of likely N-dealkylation sites (tertiary alicyclic amines) is 1. The summed E-state index contributed by atoms with van der Waals surface area (Å²) in [7, 11) is 0. The minimum atomic E-state index is -0.0407. The minimum Gasteiger partial charge on any atom is -0.449 e. The van der Waals surface area contributed by atoms with Crippen molar-refractivity contribution in [2.75, 3.05) is 13.1 Å². The molecular formula is C14H25N3O. The van der Waals surface area contributed by atoms with Gasteiger partial charge in [0.15, 0.2) is 5.89 Å². The maximum atomic E-state index is 5.79. The number of rotatable bonds is 4. The second-order valence-electron chi connectivity index (χ2n) is 5.76. The van der Waals surface area contributed by atoms with E-state index in [1.165, 1.54) is 19.4 Å². The molecule has 2 unspecified atom stereocenters. The van der Waals surface area contributed by atoms with Crippen molar-refractivity contribution >= 4 is 0 Å². The van der Waals surface area contributed by atoms with Crippen molar-refractivity contribution in [3.05, 3.63) is 17.8 Å². The molecule has 0 bridgehead atoms. The summed E-state index contributed by atoms with van der Waals surface area (Å²) in [4.78, 5) is 7.01. The Morgan fingerprint density at radius 3 is 2.89 bits per heavy atom. The Morgan fingerprint density at radius 2 is 2.28 bits per heavy atom. The molecule has 1 fully saturated rings. The summed E-state index contributed by atoms with van der Waals surface area (Å²) in [6, 6.07) is 0.595. The van der Waals surface area contributed by atoms with Gasteiger partial charge in [-0.3, -0.25) is 0 Å². The Labute approximate surface area is 110 Å². The number of oxazole rings is 1. The zero-order chi connectivity index (χ0) is 13.1. The molecular weight excluding hydrogens is 226 g/mol. The monoisotopic (exact) mass is 251 g/mol. The molecule has 0 aromatic carbocycles. The SMILES string of the molecule is CC(N)c1coc(CC2CCCN(C(C)C)C2)n1. The molecule has 1 aliphatic heterocycles. The lowest BCUT2D eigenvalue weighted by molar-refractivity contribution is 0.136. The standard InChI is InChI=1S/C14H25N3O/c1-10(2)17-6-4-5-12(8-17)7-14-16-13(9-18-14)11(3)15/h9-12H,4-8,15H2,1-3H3. The summed E-state index contributed by atoms with van der Waals surface area (Å²) in [5.41, 5.74) is 6.65. The highest BCUT2D eigenvalue weighted by atomic mass is 16.3. The van der Waals surface area contributed by atoms with E-state index < -0.39 is 0 Å². The average molecular weight is 251 g/mol. The van der Waals surface area contributed by atoms with Crippen LogP contribution in [0.1, 0.15) is 51.2 Å². The first-order valence-corrected chi connectivity index (χ1v) is 7.00. The van der Waals surface area contributed by atoms with Crippen molar-refractivity contribution < 1.29 is 4.42 Å². The fourth-order valence-electron chi connectivity index (χ4n) is 2.61. The van der Waals surface area contributed by atoms with Crippen molar-refractivity contribution in [2.45, 2.75) is 52.1 Å². The zero-order valence-corrected chi connectivity index (χ0v) is 11.7. The number of aromatic nitrogens is 1. The van der Waals surface area contributed by atoms with Gasteiger partial charge in [-0.2, -0.15) is 0 Å². The van der Waals surface area contributed by atoms with Gasteiger partial charge in [-0.25, -0.2) is 4.98 Å². The van der Waals surface area contributed by atoms with Crippen LogP contribution < -0.4 is 5.73 Å². The third-order valence-corrected chi connectivity index (χ3v) is 3.78. The van der Waals surface area contributed by atoms with Crippen LogP contribution in [0.25, 0.3) is 0 Å². The smallest absolute Gasteiger partial charge is 0.194 e. The lowest BCUT2D eigenvalue weighted by atomic mass is 9.94. The van der Waals surface area contributed by atoms with Gasteiger partial charge in [0, 0.05) is 25.0 Å². The Kier molecular flexibility index (Phi) is 4.40. The normalized spacial score (nSPS) is 23.5. The number of hydrogen-bond donors (Lipinski definition) is 1. The van der Waals surface area contributed by atoms with Crippen LogP contribution in [0.5, 0.6) is 0 Å². The number of nitrogens with two attached hydrogens (primary N) is 1. The highest BCUT2D eigenvalue weighted by Crippen LogP contribution is 2.22. The molecule has 102 valence electrons. The van der Waals surface area contributed by atoms with Gasteiger partial charge in [-0.15, -0.1) is 0 Å². The molecule has 0 radical (unpaired) electrons. The molecule has 1 aromatic rings. The molecule has 1 aromatic heterocycles. The second-order valence-corrected chi connectivity index (χ2v) is 5.76. The summed E-state index contributed by atoms with van der Waals surface area (Å²) in [5.74, 6) is 1.51. The molecule has 2 heterocycles. The van der Waals surface area contributed by atoms with Gasteiger partial charge in [0.25, 0.3) is 0 Å². The summed E-state index contributed by atoms with van der Waals surface area (Å²) < 4.78 is 5.51. The largest absolute Gasteiger partial charge is 0.449 e. The first kappa shape index (κ1) is 13.6. The third-order valence-electron chi connectivity index (χ3n) is 3.78. The first-order valence-electron chi connectivity index (χ1n) is 7.00. The van der Waals surface area contributed by atoms with E-state index in [1.807, 2.05) is 6.92 Å². The molecule has 4 heteroatoms. The maximum Gasteiger partial charge on any atom is 0.194 e. The van der Waals surface area contributed by atoms with Crippen LogP contribution in [0.3, 0.4) is 0 Å². The molecule has 1 aliphatic rings. The van der Waals surface area contributed by atoms with Crippen molar-refractivity contribution in [3.63, 3.8) is 0 Å². The Hall–Kier alpha value is -0.870. The van der Waals surface area contributed by atoms with Crippen molar-refractivity contribution in [1.82, 2.24) is 9.88 Å². The summed E-state index contributed by atoms with van der Waals surface area (Å²) in [6.45, 7) is 8.85. The Morgan fingerprint density at radius 1 is 1.50 bits per heavy atom. The van der Waals surface area contributed by atoms with Gasteiger partial charge in [-0.1, -0.05) is 0 Å². The lowest BCUT2D eigenvalue weighted by Crippen LogP contribution is -2.40. The molecule has 2 atom stereocenters. The predicted molar refractivity (Wildman–Crippen MR) is 72.2 cm³/mol. The van der Waals surface area contributed by atoms with E-state index in [0.29, 0.717) is 12.0 Å². The van der Waals surface area contributed by atoms with E-state index in [1.54, 1.807) is 6.26 Å². The summed E-state index contributed by atoms with van der Waals surface area (Å²) in [6.07, 6.45) is 5.20. The fourth-order valence-corrected chi connectivity index (χ4v) is 2.61. The van der Waals surface area contributed by atoms with E-state index >= 15 is 0 Å². The van der Waals surface area contributed by atoms with Gasteiger partial charge in [-0.05, 0) is 46.1 Å². The van der Waals surface area contributed by atoms with Gasteiger partial charge in [0.2, 0.25) is 0 Å². The highest BCUT2D eigenvalue weighted by Gasteiger charge is 2.23. The average Bonchev–Trinajstić information content (AvgIpc) is 2.78.